The van der Waals surface area contributed by atoms with Gasteiger partial charge < -0.3 is 28.8 Å². The lowest BCUT2D eigenvalue weighted by Crippen LogP contribution is -2.40. The Balaban J connectivity index is 2.67. The molecule has 0 radical (unpaired) electrons. The second-order valence-electron chi connectivity index (χ2n) is 19.1. The molecule has 0 aliphatic heterocycles. The number of esters is 5. The fourth-order valence-electron chi connectivity index (χ4n) is 8.42. The number of carbonyl (C=O) groups excluding carboxylic acids is 5. The Morgan fingerprint density at radius 1 is 0.456 bits per heavy atom. The van der Waals surface area contributed by atoms with Gasteiger partial charge in [-0.25, -0.2) is 0 Å². The van der Waals surface area contributed by atoms with E-state index in [-0.39, 0.29) is 76.3 Å². The third-order valence-electron chi connectivity index (χ3n) is 12.8. The molecule has 12 heteroatoms. The molecule has 0 amide bonds. The summed E-state index contributed by atoms with van der Waals surface area (Å²) in [6, 6.07) is 0.352. The van der Waals surface area contributed by atoms with Crippen molar-refractivity contribution in [2.24, 2.45) is 11.8 Å². The van der Waals surface area contributed by atoms with Crippen molar-refractivity contribution >= 4 is 29.8 Å². The van der Waals surface area contributed by atoms with E-state index in [1.165, 1.54) is 32.1 Å². The van der Waals surface area contributed by atoms with Gasteiger partial charge in [-0.3, -0.25) is 28.9 Å². The highest BCUT2D eigenvalue weighted by atomic mass is 16.6. The van der Waals surface area contributed by atoms with Gasteiger partial charge in [-0.2, -0.15) is 0 Å². The first-order valence-electron chi connectivity index (χ1n) is 27.6. The van der Waals surface area contributed by atoms with Gasteiger partial charge in [0, 0.05) is 50.7 Å². The van der Waals surface area contributed by atoms with Crippen LogP contribution in [0.15, 0.2) is 24.3 Å². The first-order valence-corrected chi connectivity index (χ1v) is 27.6. The van der Waals surface area contributed by atoms with Crippen molar-refractivity contribution in [3.63, 3.8) is 0 Å². The summed E-state index contributed by atoms with van der Waals surface area (Å²) in [5, 5.41) is 9.66. The van der Waals surface area contributed by atoms with Crippen molar-refractivity contribution < 1.29 is 52.8 Å². The molecule has 0 aromatic rings. The summed E-state index contributed by atoms with van der Waals surface area (Å²) in [4.78, 5) is 66.0. The van der Waals surface area contributed by atoms with Crippen molar-refractivity contribution in [3.8, 4) is 0 Å². The van der Waals surface area contributed by atoms with E-state index in [9.17, 15) is 29.1 Å². The Kier molecular flexibility index (Phi) is 42.6. The number of hydrogen-bond donors (Lipinski definition) is 1. The van der Waals surface area contributed by atoms with E-state index in [4.69, 9.17) is 23.7 Å². The average molecular weight is 962 g/mol. The minimum absolute atomic E-state index is 0.0274. The fourth-order valence-corrected chi connectivity index (χ4v) is 8.42. The summed E-state index contributed by atoms with van der Waals surface area (Å²) in [7, 11) is 0. The van der Waals surface area contributed by atoms with E-state index in [2.05, 4.69) is 50.0 Å². The summed E-state index contributed by atoms with van der Waals surface area (Å²) in [6.45, 7) is 7.57. The molecule has 1 saturated carbocycles. The van der Waals surface area contributed by atoms with Crippen LogP contribution < -0.4 is 0 Å². The van der Waals surface area contributed by atoms with Crippen LogP contribution in [-0.2, 0) is 47.7 Å². The Labute approximate surface area is 413 Å². The Bertz CT molecular complexity index is 1280. The summed E-state index contributed by atoms with van der Waals surface area (Å²) >= 11 is 0. The molecule has 1 aliphatic rings. The molecule has 1 unspecified atom stereocenters. The summed E-state index contributed by atoms with van der Waals surface area (Å²) in [5.74, 6) is -2.50. The average Bonchev–Trinajstić information content (AvgIpc) is 3.34. The Morgan fingerprint density at radius 3 is 1.31 bits per heavy atom. The third-order valence-corrected chi connectivity index (χ3v) is 12.8. The number of nitrogens with zero attached hydrogens (tertiary/aromatic N) is 1. The number of allylic oxidation sites excluding steroid dienone is 4. The minimum Gasteiger partial charge on any atom is -0.465 e. The highest BCUT2D eigenvalue weighted by Gasteiger charge is 2.23. The molecule has 0 spiro atoms. The van der Waals surface area contributed by atoms with Crippen LogP contribution in [0.4, 0.5) is 0 Å². The maximum absolute atomic E-state index is 13.0. The van der Waals surface area contributed by atoms with E-state index in [1.807, 2.05) is 0 Å². The SMILES string of the molecule is CCCCC/C=C\C/C=C\CCCCCCCC(=O)OCC(COC(=O)CCCC(COC(=O)CCCCCCC)COC(=O)CCCCCCC)COC(=O)CCN(CCO)C1CCCCC1. The molecule has 0 heterocycles. The maximum Gasteiger partial charge on any atom is 0.307 e. The van der Waals surface area contributed by atoms with E-state index in [0.29, 0.717) is 51.2 Å². The highest BCUT2D eigenvalue weighted by Crippen LogP contribution is 2.23. The lowest BCUT2D eigenvalue weighted by atomic mass is 9.94. The second kappa shape index (κ2) is 46.2. The highest BCUT2D eigenvalue weighted by molar-refractivity contribution is 5.71. The topological polar surface area (TPSA) is 155 Å². The van der Waals surface area contributed by atoms with Gasteiger partial charge in [0.1, 0.15) is 19.8 Å². The fraction of sp³-hybridized carbons (Fsp3) is 0.839. The number of unbranched alkanes of at least 4 members (excludes halogenated alkanes) is 16. The van der Waals surface area contributed by atoms with Gasteiger partial charge >= 0.3 is 29.8 Å². The van der Waals surface area contributed by atoms with Gasteiger partial charge in [0.25, 0.3) is 0 Å². The lowest BCUT2D eigenvalue weighted by Gasteiger charge is -2.33. The molecule has 1 fully saturated rings. The number of aliphatic hydroxyl groups excluding tert-OH is 1. The maximum atomic E-state index is 13.0. The van der Waals surface area contributed by atoms with E-state index in [0.717, 1.165) is 135 Å². The van der Waals surface area contributed by atoms with Crippen molar-refractivity contribution in [3.05, 3.63) is 24.3 Å². The van der Waals surface area contributed by atoms with Crippen molar-refractivity contribution in [1.82, 2.24) is 4.90 Å². The van der Waals surface area contributed by atoms with Gasteiger partial charge in [-0.15, -0.1) is 0 Å². The van der Waals surface area contributed by atoms with Crippen LogP contribution in [0.2, 0.25) is 0 Å². The van der Waals surface area contributed by atoms with Crippen LogP contribution in [0, 0.1) is 11.8 Å². The standard InChI is InChI=1S/C56H99NO11/c1-4-7-10-13-14-15-16-17-18-19-20-21-22-25-31-38-54(61)66-46-50(48-68-56(63)40-41-57(42-43-58)51-34-27-26-28-35-51)47-67-55(62)39-32-33-49(44-64-52(59)36-29-23-11-8-5-2)45-65-53(60)37-30-24-12-9-6-3/h14-15,17-18,49-51,58H,4-13,16,19-48H2,1-3H3/b15-14-,18-17-. The zero-order chi connectivity index (χ0) is 49.6. The molecule has 68 heavy (non-hydrogen) atoms. The van der Waals surface area contributed by atoms with Gasteiger partial charge in [-0.1, -0.05) is 148 Å². The number of aliphatic hydroxyl groups is 1. The first kappa shape index (κ1) is 62.8. The van der Waals surface area contributed by atoms with Crippen molar-refractivity contribution in [2.45, 2.75) is 239 Å². The van der Waals surface area contributed by atoms with Crippen molar-refractivity contribution in [2.75, 3.05) is 52.7 Å². The molecule has 0 saturated heterocycles. The predicted octanol–water partition coefficient (Wildman–Crippen LogP) is 12.7. The van der Waals surface area contributed by atoms with Crippen molar-refractivity contribution in [1.29, 1.82) is 0 Å². The van der Waals surface area contributed by atoms with Gasteiger partial charge in [0.15, 0.2) is 0 Å². The van der Waals surface area contributed by atoms with E-state index in [1.54, 1.807) is 0 Å². The molecule has 1 aliphatic carbocycles. The predicted molar refractivity (Wildman–Crippen MR) is 272 cm³/mol. The molecule has 0 aromatic heterocycles. The number of ether oxygens (including phenoxy) is 5. The van der Waals surface area contributed by atoms with Crippen LogP contribution in [0.25, 0.3) is 0 Å². The molecule has 0 aromatic carbocycles. The molecule has 394 valence electrons. The monoisotopic (exact) mass is 962 g/mol. The molecule has 1 N–H and O–H groups in total. The Hall–Kier alpha value is -3.25. The number of rotatable bonds is 46. The van der Waals surface area contributed by atoms with Crippen LogP contribution in [-0.4, -0.2) is 98.6 Å². The van der Waals surface area contributed by atoms with E-state index >= 15 is 0 Å². The van der Waals surface area contributed by atoms with Crippen LogP contribution in [0.3, 0.4) is 0 Å². The van der Waals surface area contributed by atoms with Gasteiger partial charge in [0.2, 0.25) is 0 Å². The largest absolute Gasteiger partial charge is 0.465 e. The molecular weight excluding hydrogens is 863 g/mol. The molecule has 1 atom stereocenters. The zero-order valence-electron chi connectivity index (χ0n) is 43.5. The summed E-state index contributed by atoms with van der Waals surface area (Å²) < 4.78 is 28.1. The lowest BCUT2D eigenvalue weighted by molar-refractivity contribution is -0.155. The number of hydrogen-bond acceptors (Lipinski definition) is 12. The summed E-state index contributed by atoms with van der Waals surface area (Å²) in [6.07, 6.45) is 39.1. The number of carbonyl (C=O) groups is 5. The minimum atomic E-state index is -0.543. The first-order chi connectivity index (χ1) is 33.2. The van der Waals surface area contributed by atoms with Gasteiger partial charge in [-0.05, 0) is 77.0 Å². The molecule has 12 nitrogen and oxygen atoms in total. The van der Waals surface area contributed by atoms with E-state index < -0.39 is 17.9 Å². The molecular formula is C56H99NO11. The molecule has 0 bridgehead atoms. The molecule has 1 rings (SSSR count). The second-order valence-corrected chi connectivity index (χ2v) is 19.1. The van der Waals surface area contributed by atoms with Crippen LogP contribution >= 0.6 is 0 Å². The summed E-state index contributed by atoms with van der Waals surface area (Å²) in [5.41, 5.74) is 0. The normalized spacial score (nSPS) is 13.7. The quantitative estimate of drug-likeness (QED) is 0.0267. The van der Waals surface area contributed by atoms with Crippen LogP contribution in [0.1, 0.15) is 233 Å². The van der Waals surface area contributed by atoms with Gasteiger partial charge in [0.05, 0.1) is 32.2 Å². The zero-order valence-corrected chi connectivity index (χ0v) is 43.5. The third kappa shape index (κ3) is 38.6. The Morgan fingerprint density at radius 2 is 0.838 bits per heavy atom. The smallest absolute Gasteiger partial charge is 0.307 e. The van der Waals surface area contributed by atoms with Crippen LogP contribution in [0.5, 0.6) is 0 Å².